The third kappa shape index (κ3) is 4.12. The second kappa shape index (κ2) is 6.31. The number of carbonyl (C=O) groups excluding carboxylic acids is 1. The third-order valence-electron chi connectivity index (χ3n) is 2.51. The standard InChI is InChI=1S/C10H16N4O3/c15-10(5-8-6-16-4-3-11-8)12-2-1-9-13-7-17-14-9/h7-8,11H,1-6H2,(H,12,15). The summed E-state index contributed by atoms with van der Waals surface area (Å²) in [6.45, 7) is 2.64. The van der Waals surface area contributed by atoms with Gasteiger partial charge in [-0.2, -0.15) is 4.98 Å². The molecule has 1 aliphatic rings. The van der Waals surface area contributed by atoms with Gasteiger partial charge in [-0.1, -0.05) is 5.16 Å². The first-order valence-corrected chi connectivity index (χ1v) is 5.67. The first-order chi connectivity index (χ1) is 8.34. The van der Waals surface area contributed by atoms with Crippen molar-refractivity contribution >= 4 is 5.91 Å². The fourth-order valence-electron chi connectivity index (χ4n) is 1.66. The summed E-state index contributed by atoms with van der Waals surface area (Å²) < 4.78 is 9.86. The lowest BCUT2D eigenvalue weighted by molar-refractivity contribution is -0.122. The molecule has 1 unspecified atom stereocenters. The van der Waals surface area contributed by atoms with Crippen LogP contribution in [0.3, 0.4) is 0 Å². The topological polar surface area (TPSA) is 89.3 Å². The Morgan fingerprint density at radius 3 is 3.29 bits per heavy atom. The molecule has 0 aromatic carbocycles. The van der Waals surface area contributed by atoms with E-state index in [-0.39, 0.29) is 11.9 Å². The highest BCUT2D eigenvalue weighted by molar-refractivity contribution is 5.76. The molecule has 0 bridgehead atoms. The molecular weight excluding hydrogens is 224 g/mol. The molecular formula is C10H16N4O3. The summed E-state index contributed by atoms with van der Waals surface area (Å²) >= 11 is 0. The van der Waals surface area contributed by atoms with Gasteiger partial charge in [0.1, 0.15) is 0 Å². The molecule has 7 nitrogen and oxygen atoms in total. The lowest BCUT2D eigenvalue weighted by Gasteiger charge is -2.23. The molecule has 2 heterocycles. The molecule has 2 N–H and O–H groups in total. The van der Waals surface area contributed by atoms with Gasteiger partial charge in [0, 0.05) is 32.0 Å². The number of carbonyl (C=O) groups is 1. The van der Waals surface area contributed by atoms with E-state index >= 15 is 0 Å². The maximum atomic E-state index is 11.6. The van der Waals surface area contributed by atoms with Gasteiger partial charge < -0.3 is 19.9 Å². The van der Waals surface area contributed by atoms with Crippen LogP contribution in [0.5, 0.6) is 0 Å². The number of hydrogen-bond acceptors (Lipinski definition) is 6. The van der Waals surface area contributed by atoms with Crippen LogP contribution in [0.4, 0.5) is 0 Å². The number of nitrogens with zero attached hydrogens (tertiary/aromatic N) is 2. The molecule has 1 fully saturated rings. The molecule has 1 aliphatic heterocycles. The van der Waals surface area contributed by atoms with Crippen LogP contribution in [0, 0.1) is 0 Å². The second-order valence-electron chi connectivity index (χ2n) is 3.88. The van der Waals surface area contributed by atoms with E-state index in [1.807, 2.05) is 0 Å². The number of amides is 1. The molecule has 94 valence electrons. The van der Waals surface area contributed by atoms with E-state index in [4.69, 9.17) is 4.74 Å². The summed E-state index contributed by atoms with van der Waals surface area (Å²) in [6, 6.07) is 0.119. The van der Waals surface area contributed by atoms with E-state index < -0.39 is 0 Å². The predicted octanol–water partition coefficient (Wildman–Crippen LogP) is -0.893. The molecule has 7 heteroatoms. The van der Waals surface area contributed by atoms with Crippen molar-refractivity contribution in [3.8, 4) is 0 Å². The van der Waals surface area contributed by atoms with Gasteiger partial charge in [-0.15, -0.1) is 0 Å². The zero-order chi connectivity index (χ0) is 11.9. The minimum absolute atomic E-state index is 0.0106. The summed E-state index contributed by atoms with van der Waals surface area (Å²) in [5.74, 6) is 0.612. The number of ether oxygens (including phenoxy) is 1. The van der Waals surface area contributed by atoms with E-state index in [1.165, 1.54) is 6.39 Å². The Hall–Kier alpha value is -1.47. The van der Waals surface area contributed by atoms with Crippen molar-refractivity contribution in [2.75, 3.05) is 26.3 Å². The van der Waals surface area contributed by atoms with E-state index in [2.05, 4.69) is 25.3 Å². The highest BCUT2D eigenvalue weighted by atomic mass is 16.5. The summed E-state index contributed by atoms with van der Waals surface area (Å²) in [5.41, 5.74) is 0. The molecule has 1 aromatic heterocycles. The molecule has 1 aromatic rings. The van der Waals surface area contributed by atoms with Crippen molar-refractivity contribution in [1.29, 1.82) is 0 Å². The number of rotatable bonds is 5. The van der Waals surface area contributed by atoms with Gasteiger partial charge in [0.2, 0.25) is 12.3 Å². The number of nitrogens with one attached hydrogen (secondary N) is 2. The van der Waals surface area contributed by atoms with Crippen molar-refractivity contribution < 1.29 is 14.1 Å². The second-order valence-corrected chi connectivity index (χ2v) is 3.88. The van der Waals surface area contributed by atoms with Crippen molar-refractivity contribution in [3.63, 3.8) is 0 Å². The van der Waals surface area contributed by atoms with E-state index in [0.717, 1.165) is 13.2 Å². The number of aromatic nitrogens is 2. The largest absolute Gasteiger partial charge is 0.378 e. The zero-order valence-electron chi connectivity index (χ0n) is 9.52. The van der Waals surface area contributed by atoms with Crippen molar-refractivity contribution in [1.82, 2.24) is 20.8 Å². The number of morpholine rings is 1. The van der Waals surface area contributed by atoms with Crippen LogP contribution >= 0.6 is 0 Å². The normalized spacial score (nSPS) is 20.1. The lowest BCUT2D eigenvalue weighted by atomic mass is 10.2. The van der Waals surface area contributed by atoms with E-state index in [9.17, 15) is 4.79 Å². The molecule has 17 heavy (non-hydrogen) atoms. The van der Waals surface area contributed by atoms with Crippen molar-refractivity contribution in [2.45, 2.75) is 18.9 Å². The average molecular weight is 240 g/mol. The van der Waals surface area contributed by atoms with Gasteiger partial charge in [0.25, 0.3) is 0 Å². The minimum atomic E-state index is 0.0106. The molecule has 1 atom stereocenters. The van der Waals surface area contributed by atoms with Crippen LogP contribution < -0.4 is 10.6 Å². The Morgan fingerprint density at radius 2 is 2.59 bits per heavy atom. The van der Waals surface area contributed by atoms with Crippen LogP contribution in [0.25, 0.3) is 0 Å². The Balaban J connectivity index is 1.60. The van der Waals surface area contributed by atoms with Crippen LogP contribution in [-0.2, 0) is 16.0 Å². The van der Waals surface area contributed by atoms with Crippen molar-refractivity contribution in [3.05, 3.63) is 12.2 Å². The number of hydrogen-bond donors (Lipinski definition) is 2. The monoisotopic (exact) mass is 240 g/mol. The smallest absolute Gasteiger partial charge is 0.221 e. The highest BCUT2D eigenvalue weighted by Gasteiger charge is 2.16. The molecule has 0 radical (unpaired) electrons. The van der Waals surface area contributed by atoms with Crippen LogP contribution in [0.1, 0.15) is 12.2 Å². The molecule has 1 saturated heterocycles. The summed E-state index contributed by atoms with van der Waals surface area (Å²) in [4.78, 5) is 15.4. The van der Waals surface area contributed by atoms with Gasteiger partial charge in [-0.25, -0.2) is 0 Å². The Kier molecular flexibility index (Phi) is 4.45. The maximum absolute atomic E-state index is 11.6. The van der Waals surface area contributed by atoms with E-state index in [1.54, 1.807) is 0 Å². The van der Waals surface area contributed by atoms with E-state index in [0.29, 0.717) is 31.8 Å². The van der Waals surface area contributed by atoms with Gasteiger partial charge in [0.05, 0.1) is 13.2 Å². The predicted molar refractivity (Wildman–Crippen MR) is 58.2 cm³/mol. The Labute approximate surface area is 98.9 Å². The maximum Gasteiger partial charge on any atom is 0.221 e. The van der Waals surface area contributed by atoms with Gasteiger partial charge in [0.15, 0.2) is 5.82 Å². The molecule has 0 saturated carbocycles. The SMILES string of the molecule is O=C(CC1COCCN1)NCCc1ncon1. The minimum Gasteiger partial charge on any atom is -0.378 e. The lowest BCUT2D eigenvalue weighted by Crippen LogP contribution is -2.44. The Morgan fingerprint density at radius 1 is 1.65 bits per heavy atom. The fourth-order valence-corrected chi connectivity index (χ4v) is 1.66. The molecule has 0 spiro atoms. The summed E-state index contributed by atoms with van der Waals surface area (Å²) in [7, 11) is 0. The Bertz CT molecular complexity index is 335. The first kappa shape index (κ1) is 12.0. The first-order valence-electron chi connectivity index (χ1n) is 5.67. The van der Waals surface area contributed by atoms with Gasteiger partial charge in [-0.05, 0) is 0 Å². The third-order valence-corrected chi connectivity index (χ3v) is 2.51. The average Bonchev–Trinajstić information content (AvgIpc) is 2.83. The molecule has 0 aliphatic carbocycles. The summed E-state index contributed by atoms with van der Waals surface area (Å²) in [6.07, 6.45) is 2.30. The molecule has 1 amide bonds. The van der Waals surface area contributed by atoms with Crippen LogP contribution in [0.15, 0.2) is 10.9 Å². The van der Waals surface area contributed by atoms with Gasteiger partial charge >= 0.3 is 0 Å². The van der Waals surface area contributed by atoms with Crippen LogP contribution in [0.2, 0.25) is 0 Å². The van der Waals surface area contributed by atoms with Crippen molar-refractivity contribution in [2.24, 2.45) is 0 Å². The summed E-state index contributed by atoms with van der Waals surface area (Å²) in [5, 5.41) is 9.70. The molecule has 2 rings (SSSR count). The fraction of sp³-hybridized carbons (Fsp3) is 0.700. The van der Waals surface area contributed by atoms with Crippen LogP contribution in [-0.4, -0.2) is 48.4 Å². The quantitative estimate of drug-likeness (QED) is 0.694. The van der Waals surface area contributed by atoms with Gasteiger partial charge in [-0.3, -0.25) is 4.79 Å². The highest BCUT2D eigenvalue weighted by Crippen LogP contribution is 1.98. The zero-order valence-corrected chi connectivity index (χ0v) is 9.52.